The highest BCUT2D eigenvalue weighted by Crippen LogP contribution is 2.22. The van der Waals surface area contributed by atoms with E-state index in [0.29, 0.717) is 19.1 Å². The lowest BCUT2D eigenvalue weighted by molar-refractivity contribution is 0.103. The van der Waals surface area contributed by atoms with E-state index in [0.717, 1.165) is 40.8 Å². The first kappa shape index (κ1) is 20.7. The van der Waals surface area contributed by atoms with Gasteiger partial charge in [-0.3, -0.25) is 5.10 Å². The molecule has 3 heterocycles. The van der Waals surface area contributed by atoms with E-state index < -0.39 is 0 Å². The molecule has 1 aromatic carbocycles. The largest absolute Gasteiger partial charge is 0.445 e. The summed E-state index contributed by atoms with van der Waals surface area (Å²) in [6.07, 6.45) is 6.28. The Morgan fingerprint density at radius 1 is 1.19 bits per heavy atom. The van der Waals surface area contributed by atoms with Gasteiger partial charge in [0, 0.05) is 38.1 Å². The molecule has 0 aliphatic heterocycles. The number of amides is 1. The molecule has 0 saturated carbocycles. The third-order valence-electron chi connectivity index (χ3n) is 5.40. The van der Waals surface area contributed by atoms with Crippen molar-refractivity contribution >= 4 is 17.1 Å². The highest BCUT2D eigenvalue weighted by Gasteiger charge is 2.13. The van der Waals surface area contributed by atoms with Gasteiger partial charge in [-0.1, -0.05) is 37.3 Å². The zero-order valence-corrected chi connectivity index (χ0v) is 17.9. The smallest absolute Gasteiger partial charge is 0.409 e. The number of benzene rings is 1. The van der Waals surface area contributed by atoms with Gasteiger partial charge in [0.25, 0.3) is 0 Å². The van der Waals surface area contributed by atoms with E-state index in [1.165, 1.54) is 0 Å². The first-order chi connectivity index (χ1) is 15.1. The van der Waals surface area contributed by atoms with Crippen LogP contribution in [0.4, 0.5) is 4.79 Å². The Balaban J connectivity index is 1.28. The number of carbonyl (C=O) groups is 1. The minimum Gasteiger partial charge on any atom is -0.445 e. The predicted molar refractivity (Wildman–Crippen MR) is 120 cm³/mol. The lowest BCUT2D eigenvalue weighted by Gasteiger charge is -2.20. The maximum Gasteiger partial charge on any atom is 0.409 e. The Labute approximate surface area is 181 Å². The van der Waals surface area contributed by atoms with Crippen LogP contribution in [0.1, 0.15) is 18.9 Å². The molecular formula is C24H27N5O2. The third kappa shape index (κ3) is 5.12. The van der Waals surface area contributed by atoms with Crippen molar-refractivity contribution in [2.45, 2.75) is 26.5 Å². The molecule has 1 unspecified atom stereocenters. The normalized spacial score (nSPS) is 12.1. The molecule has 0 bridgehead atoms. The van der Waals surface area contributed by atoms with Gasteiger partial charge < -0.3 is 14.2 Å². The molecule has 7 heteroatoms. The molecule has 1 atom stereocenters. The summed E-state index contributed by atoms with van der Waals surface area (Å²) in [5.41, 5.74) is 4.94. The molecule has 1 N–H and O–H groups in total. The molecule has 1 amide bonds. The topological polar surface area (TPSA) is 76.0 Å². The van der Waals surface area contributed by atoms with Crippen LogP contribution in [0.25, 0.3) is 22.3 Å². The van der Waals surface area contributed by atoms with Crippen molar-refractivity contribution < 1.29 is 9.53 Å². The van der Waals surface area contributed by atoms with E-state index in [2.05, 4.69) is 34.0 Å². The first-order valence-corrected chi connectivity index (χ1v) is 10.5. The maximum atomic E-state index is 12.2. The van der Waals surface area contributed by atoms with Crippen molar-refractivity contribution in [1.82, 2.24) is 24.6 Å². The summed E-state index contributed by atoms with van der Waals surface area (Å²) in [6, 6.07) is 15.9. The number of nitrogens with zero attached hydrogens (tertiary/aromatic N) is 4. The summed E-state index contributed by atoms with van der Waals surface area (Å²) < 4.78 is 7.62. The van der Waals surface area contributed by atoms with E-state index in [-0.39, 0.29) is 6.09 Å². The van der Waals surface area contributed by atoms with Crippen molar-refractivity contribution in [3.05, 3.63) is 72.7 Å². The van der Waals surface area contributed by atoms with Crippen LogP contribution in [0.3, 0.4) is 0 Å². The van der Waals surface area contributed by atoms with E-state index in [9.17, 15) is 4.79 Å². The molecule has 7 nitrogen and oxygen atoms in total. The van der Waals surface area contributed by atoms with Gasteiger partial charge in [0.2, 0.25) is 0 Å². The minimum absolute atomic E-state index is 0.293. The predicted octanol–water partition coefficient (Wildman–Crippen LogP) is 4.72. The summed E-state index contributed by atoms with van der Waals surface area (Å²) >= 11 is 0. The molecule has 0 aliphatic rings. The van der Waals surface area contributed by atoms with Crippen LogP contribution in [0.15, 0.2) is 67.1 Å². The second-order valence-corrected chi connectivity index (χ2v) is 7.91. The number of ether oxygens (including phenoxy) is 1. The Morgan fingerprint density at radius 3 is 2.81 bits per heavy atom. The van der Waals surface area contributed by atoms with Gasteiger partial charge in [0.05, 0.1) is 22.9 Å². The number of carbonyl (C=O) groups excluding carboxylic acids is 1. The number of aromatic amines is 1. The van der Waals surface area contributed by atoms with Crippen LogP contribution < -0.4 is 0 Å². The lowest BCUT2D eigenvalue weighted by Crippen LogP contribution is -2.29. The molecule has 0 aliphatic carbocycles. The average Bonchev–Trinajstić information content (AvgIpc) is 3.47. The fourth-order valence-corrected chi connectivity index (χ4v) is 3.55. The Bertz CT molecular complexity index is 1120. The summed E-state index contributed by atoms with van der Waals surface area (Å²) in [5.74, 6) is 0.397. The van der Waals surface area contributed by atoms with Crippen molar-refractivity contribution in [3.8, 4) is 11.3 Å². The molecular weight excluding hydrogens is 390 g/mol. The molecule has 31 heavy (non-hydrogen) atoms. The van der Waals surface area contributed by atoms with Gasteiger partial charge in [-0.15, -0.1) is 0 Å². The fraction of sp³-hybridized carbons (Fsp3) is 0.292. The van der Waals surface area contributed by atoms with Crippen LogP contribution in [0.5, 0.6) is 0 Å². The minimum atomic E-state index is -0.293. The highest BCUT2D eigenvalue weighted by atomic mass is 16.6. The monoisotopic (exact) mass is 417 g/mol. The van der Waals surface area contributed by atoms with Gasteiger partial charge in [0.1, 0.15) is 6.61 Å². The number of pyridine rings is 1. The zero-order valence-electron chi connectivity index (χ0n) is 17.9. The number of fused-ring (bicyclic) bond motifs is 1. The number of aromatic nitrogens is 4. The summed E-state index contributed by atoms with van der Waals surface area (Å²) in [6.45, 7) is 4.00. The Morgan fingerprint density at radius 2 is 2.03 bits per heavy atom. The van der Waals surface area contributed by atoms with Crippen molar-refractivity contribution in [2.75, 3.05) is 13.6 Å². The number of nitrogens with one attached hydrogen (secondary N) is 1. The summed E-state index contributed by atoms with van der Waals surface area (Å²) in [4.78, 5) is 18.6. The van der Waals surface area contributed by atoms with E-state index in [4.69, 9.17) is 9.72 Å². The molecule has 4 aromatic rings. The number of H-pyrrole nitrogens is 1. The maximum absolute atomic E-state index is 12.2. The van der Waals surface area contributed by atoms with Crippen LogP contribution in [-0.2, 0) is 17.9 Å². The summed E-state index contributed by atoms with van der Waals surface area (Å²) in [7, 11) is 1.78. The van der Waals surface area contributed by atoms with E-state index in [1.807, 2.05) is 48.7 Å². The molecule has 160 valence electrons. The van der Waals surface area contributed by atoms with Crippen LogP contribution in [-0.4, -0.2) is 44.3 Å². The first-order valence-electron chi connectivity index (χ1n) is 10.5. The Hall–Kier alpha value is -3.61. The number of hydrogen-bond donors (Lipinski definition) is 1. The third-order valence-corrected chi connectivity index (χ3v) is 5.40. The van der Waals surface area contributed by atoms with Gasteiger partial charge in [-0.25, -0.2) is 9.78 Å². The molecule has 0 spiro atoms. The zero-order chi connectivity index (χ0) is 21.6. The summed E-state index contributed by atoms with van der Waals surface area (Å²) in [5, 5.41) is 6.81. The number of rotatable bonds is 8. The molecule has 0 fully saturated rings. The van der Waals surface area contributed by atoms with Gasteiger partial charge >= 0.3 is 6.09 Å². The lowest BCUT2D eigenvalue weighted by atomic mass is 10.1. The SMILES string of the molecule is CC(CCN(C)C(=O)OCc1ccccc1)Cn1ccc2nc(-c3cn[nH]c3)ccc21. The highest BCUT2D eigenvalue weighted by molar-refractivity contribution is 5.79. The standard InChI is InChI=1S/C24H27N5O2/c1-18(10-12-28(2)24(30)31-17-19-6-4-3-5-7-19)16-29-13-11-22-23(29)9-8-21(27-22)20-14-25-26-15-20/h3-9,11,13-15,18H,10,12,16-17H2,1-2H3,(H,25,26). The molecule has 4 rings (SSSR count). The van der Waals surface area contributed by atoms with E-state index in [1.54, 1.807) is 18.1 Å². The van der Waals surface area contributed by atoms with Crippen molar-refractivity contribution in [3.63, 3.8) is 0 Å². The molecule has 0 saturated heterocycles. The second kappa shape index (κ2) is 9.47. The van der Waals surface area contributed by atoms with Crippen molar-refractivity contribution in [1.29, 1.82) is 0 Å². The number of hydrogen-bond acceptors (Lipinski definition) is 4. The molecule has 0 radical (unpaired) electrons. The average molecular weight is 418 g/mol. The molecule has 3 aromatic heterocycles. The quantitative estimate of drug-likeness (QED) is 0.450. The van der Waals surface area contributed by atoms with Gasteiger partial charge in [-0.2, -0.15) is 5.10 Å². The second-order valence-electron chi connectivity index (χ2n) is 7.91. The van der Waals surface area contributed by atoms with Crippen LogP contribution in [0.2, 0.25) is 0 Å². The van der Waals surface area contributed by atoms with E-state index >= 15 is 0 Å². The Kier molecular flexibility index (Phi) is 6.31. The van der Waals surface area contributed by atoms with Crippen LogP contribution >= 0.6 is 0 Å². The van der Waals surface area contributed by atoms with Crippen LogP contribution in [0, 0.1) is 5.92 Å². The fourth-order valence-electron chi connectivity index (χ4n) is 3.55. The van der Waals surface area contributed by atoms with Gasteiger partial charge in [0.15, 0.2) is 0 Å². The van der Waals surface area contributed by atoms with Crippen molar-refractivity contribution in [2.24, 2.45) is 5.92 Å². The van der Waals surface area contributed by atoms with Gasteiger partial charge in [-0.05, 0) is 36.1 Å².